The second kappa shape index (κ2) is 25.4. The van der Waals surface area contributed by atoms with Gasteiger partial charge < -0.3 is 42.0 Å². The van der Waals surface area contributed by atoms with E-state index in [0.29, 0.717) is 97.7 Å². The number of ketones is 2. The number of carbonyl (C=O) groups is 8. The highest BCUT2D eigenvalue weighted by Gasteiger charge is 2.35. The number of benzene rings is 8. The average Bonchev–Trinajstić information content (AvgIpc) is 1.56. The van der Waals surface area contributed by atoms with Crippen molar-refractivity contribution in [3.8, 4) is 68.9 Å². The molecule has 0 aliphatic heterocycles. The van der Waals surface area contributed by atoms with Crippen molar-refractivity contribution >= 4 is 175 Å². The number of esters is 6. The van der Waals surface area contributed by atoms with Gasteiger partial charge in [-0.2, -0.15) is 5.26 Å². The molecule has 17 aromatic rings. The van der Waals surface area contributed by atoms with Crippen molar-refractivity contribution in [1.82, 2.24) is 25.0 Å². The van der Waals surface area contributed by atoms with Gasteiger partial charge in [0.2, 0.25) is 24.2 Å². The quantitative estimate of drug-likeness (QED) is 0.0354. The van der Waals surface area contributed by atoms with Crippen molar-refractivity contribution in [2.24, 2.45) is 0 Å². The predicted molar refractivity (Wildman–Crippen MR) is 406 cm³/mol. The molecule has 0 aliphatic rings. The third-order valence-electron chi connectivity index (χ3n) is 18.4. The lowest BCUT2D eigenvalue weighted by Crippen LogP contribution is -2.07. The summed E-state index contributed by atoms with van der Waals surface area (Å²) < 4.78 is 69.8. The third-order valence-corrected chi connectivity index (χ3v) is 23.6. The smallest absolute Gasteiger partial charge is 0.308 e. The molecule has 0 amide bonds. The average molecular weight is 1490 g/mol. The molecular formula is C80H51N8O17P3. The molecule has 108 heavy (non-hydrogen) atoms. The van der Waals surface area contributed by atoms with Crippen molar-refractivity contribution in [3.63, 3.8) is 0 Å². The molecule has 9 heterocycles. The van der Waals surface area contributed by atoms with E-state index in [2.05, 4.69) is 24.1 Å². The van der Waals surface area contributed by atoms with Crippen LogP contribution in [0.5, 0.6) is 51.7 Å². The summed E-state index contributed by atoms with van der Waals surface area (Å²) in [5.41, 5.74) is 1.19. The summed E-state index contributed by atoms with van der Waals surface area (Å²) in [6.45, 7) is 24.2. The van der Waals surface area contributed by atoms with Gasteiger partial charge in [0.25, 0.3) is 0 Å². The molecule has 8 aromatic carbocycles. The van der Waals surface area contributed by atoms with Gasteiger partial charge in [0.05, 0.1) is 82.4 Å². The van der Waals surface area contributed by atoms with Crippen LogP contribution in [0.3, 0.4) is 0 Å². The molecule has 0 spiro atoms. The van der Waals surface area contributed by atoms with E-state index in [1.165, 1.54) is 59.7 Å². The Morgan fingerprint density at radius 3 is 0.907 bits per heavy atom. The zero-order valence-corrected chi connectivity index (χ0v) is 60.2. The summed E-state index contributed by atoms with van der Waals surface area (Å²) in [6, 6.07) is 38.8. The lowest BCUT2D eigenvalue weighted by atomic mass is 9.92. The highest BCUT2D eigenvalue weighted by atomic mass is 31.1. The molecule has 0 saturated carbocycles. The van der Waals surface area contributed by atoms with E-state index in [0.717, 1.165) is 12.2 Å². The van der Waals surface area contributed by atoms with Crippen LogP contribution in [0.15, 0.2) is 190 Å². The van der Waals surface area contributed by atoms with Gasteiger partial charge in [-0.15, -0.1) is 0 Å². The summed E-state index contributed by atoms with van der Waals surface area (Å²) in [5, 5.41) is 18.7. The molecule has 0 aliphatic carbocycles. The van der Waals surface area contributed by atoms with Gasteiger partial charge in [-0.05, 0) is 66.7 Å². The molecule has 0 bridgehead atoms. The Morgan fingerprint density at radius 1 is 0.380 bits per heavy atom. The summed E-state index contributed by atoms with van der Waals surface area (Å²) in [5.74, 6) is -5.84. The number of nitrogens with zero attached hydrogens (tertiary/aromatic N) is 8. The first-order valence-electron chi connectivity index (χ1n) is 33.1. The summed E-state index contributed by atoms with van der Waals surface area (Å²) in [6.07, 6.45) is 11.5. The summed E-state index contributed by atoms with van der Waals surface area (Å²) >= 11 is 0. The Kier molecular flexibility index (Phi) is 15.8. The van der Waals surface area contributed by atoms with Crippen LogP contribution in [0, 0.1) is 17.9 Å². The number of hydrogen-bond acceptors (Lipinski definition) is 18. The maximum absolute atomic E-state index is 15.3. The molecule has 0 radical (unpaired) electrons. The number of ether oxygens (including phenoxy) is 6. The predicted octanol–water partition coefficient (Wildman–Crippen LogP) is 18.0. The number of allylic oxidation sites excluding steroid dienone is 2. The van der Waals surface area contributed by atoms with E-state index in [1.54, 1.807) is 135 Å². The van der Waals surface area contributed by atoms with Crippen LogP contribution < -0.4 is 42.0 Å². The lowest BCUT2D eigenvalue weighted by Gasteiger charge is -2.23. The Bertz CT molecular complexity index is 6820. The monoisotopic (exact) mass is 1490 g/mol. The SMILES string of the molecule is [C-]#[N+]c1cc(-c2c(Op3n4cc(OC(C)=O)c5cccc(c6cccc7c(OC(C)=O)cn3c76)c54)cc(C(=O)C=C)c(C#N)c2Op2n3cc(OC(C)=O)c4cccc(c5cccc6c(OC(C)=O)cn2c65)c43)c(Op2n3cc(OC(C)=O)c4cccc(c5cccc6c(OC(C)=O)cn2c65)c43)cc1C(=O)C=C. The number of carbonyl (C=O) groups excluding carboxylic acids is 8. The summed E-state index contributed by atoms with van der Waals surface area (Å²) in [7, 11) is -8.05. The number of nitriles is 1. The molecule has 0 atom stereocenters. The molecule has 528 valence electrons. The Labute approximate surface area is 611 Å². The molecular weight excluding hydrogens is 1440 g/mol. The molecule has 0 N–H and O–H groups in total. The Morgan fingerprint density at radius 2 is 0.639 bits per heavy atom. The van der Waals surface area contributed by atoms with Crippen LogP contribution in [0.4, 0.5) is 5.69 Å². The molecule has 25 nitrogen and oxygen atoms in total. The zero-order chi connectivity index (χ0) is 75.2. The lowest BCUT2D eigenvalue weighted by molar-refractivity contribution is -0.132. The van der Waals surface area contributed by atoms with Gasteiger partial charge >= 0.3 is 35.8 Å². The molecule has 0 unspecified atom stereocenters. The molecule has 17 rings (SSSR count). The first kappa shape index (κ1) is 67.1. The highest BCUT2D eigenvalue weighted by molar-refractivity contribution is 7.38. The van der Waals surface area contributed by atoms with Gasteiger partial charge in [-0.1, -0.05) is 86.0 Å². The van der Waals surface area contributed by atoms with Crippen molar-refractivity contribution < 1.29 is 80.3 Å². The number of hydrogen-bond donors (Lipinski definition) is 0. The van der Waals surface area contributed by atoms with Crippen LogP contribution in [0.1, 0.15) is 67.8 Å². The van der Waals surface area contributed by atoms with Crippen LogP contribution in [0.25, 0.3) is 114 Å². The second-order valence-corrected chi connectivity index (χ2v) is 29.7. The number of aromatic nitrogens is 6. The van der Waals surface area contributed by atoms with Crippen LogP contribution in [-0.4, -0.2) is 72.4 Å². The number of para-hydroxylation sites is 6. The zero-order valence-electron chi connectivity index (χ0n) is 57.5. The first-order chi connectivity index (χ1) is 52.1. The van der Waals surface area contributed by atoms with Gasteiger partial charge in [0.1, 0.15) is 23.1 Å². The van der Waals surface area contributed by atoms with Crippen LogP contribution >= 0.6 is 24.2 Å². The van der Waals surface area contributed by atoms with Crippen LogP contribution in [0.2, 0.25) is 0 Å². The molecule has 0 fully saturated rings. The molecule has 0 saturated heterocycles. The minimum atomic E-state index is -2.75. The Hall–Kier alpha value is -14.1. The number of rotatable bonds is 17. The number of fused-ring (bicyclic) bond motifs is 3. The van der Waals surface area contributed by atoms with Crippen molar-refractivity contribution in [1.29, 1.82) is 5.26 Å². The highest BCUT2D eigenvalue weighted by Crippen LogP contribution is 2.57. The Balaban J connectivity index is 1.08. The summed E-state index contributed by atoms with van der Waals surface area (Å²) in [4.78, 5) is 113. The second-order valence-electron chi connectivity index (χ2n) is 25.1. The van der Waals surface area contributed by atoms with Gasteiger partial charge in [-0.3, -0.25) is 63.3 Å². The maximum atomic E-state index is 15.3. The van der Waals surface area contributed by atoms with Gasteiger partial charge in [-0.25, -0.2) is 4.85 Å². The fraction of sp³-hybridized carbons (Fsp3) is 0.0750. The third kappa shape index (κ3) is 10.4. The maximum Gasteiger partial charge on any atom is 0.308 e. The van der Waals surface area contributed by atoms with Crippen molar-refractivity contribution in [2.75, 3.05) is 0 Å². The van der Waals surface area contributed by atoms with Gasteiger partial charge in [0, 0.05) is 123 Å². The van der Waals surface area contributed by atoms with Gasteiger partial charge in [0.15, 0.2) is 57.5 Å². The van der Waals surface area contributed by atoms with Crippen molar-refractivity contribution in [2.45, 2.75) is 41.5 Å². The molecule has 9 aromatic heterocycles. The first-order valence-corrected chi connectivity index (χ1v) is 36.6. The molecule has 28 heteroatoms. The fourth-order valence-corrected chi connectivity index (χ4v) is 20.2. The van der Waals surface area contributed by atoms with E-state index in [4.69, 9.17) is 48.6 Å². The van der Waals surface area contributed by atoms with Crippen LogP contribution in [-0.2, 0) is 28.8 Å². The van der Waals surface area contributed by atoms with E-state index < -0.39 is 82.9 Å². The van der Waals surface area contributed by atoms with E-state index in [9.17, 15) is 38.8 Å². The normalized spacial score (nSPS) is 11.6. The van der Waals surface area contributed by atoms with Crippen molar-refractivity contribution in [3.05, 3.63) is 218 Å². The standard InChI is InChI=1S/C80H51N8O17P3/c1-10-63(95)58-31-66(104-107-85-36-69(99-42(5)91)54-26-14-20-48(76(54)85)49-21-15-27-55-70(100-43(6)92)37-86(107)77(49)55)73(80(61(58)33-81)105-108-87-38-71(101-44(7)93)56-28-16-22-50(78(56)87)51-23-17-29-57-72(102-45(8)94)39-88(108)79(51)57)60-30-62(82-9)59(64(96)11-2)32-65(60)103-106-83-34-67(97-40(3)89)52-24-12-18-46(74(52)83)47-19-13-25-53-68(98-41(4)90)35-84(106)75(47)53/h10-32,34-39H,1-2H2,3-8H3. The minimum Gasteiger partial charge on any atom is -0.424 e. The largest absolute Gasteiger partial charge is 0.424 e. The van der Waals surface area contributed by atoms with E-state index in [-0.39, 0.29) is 73.9 Å². The fourth-order valence-electron chi connectivity index (χ4n) is 14.5. The van der Waals surface area contributed by atoms with E-state index in [1.807, 2.05) is 36.4 Å². The van der Waals surface area contributed by atoms with E-state index >= 15 is 4.79 Å². The topological polar surface area (TPSA) is 274 Å². The minimum absolute atomic E-state index is 0.0912.